The number of ether oxygens (including phenoxy) is 5. The molecule has 1 fully saturated rings. The molecule has 3 aliphatic heterocycles. The Balaban J connectivity index is 0.983. The van der Waals surface area contributed by atoms with Crippen molar-refractivity contribution in [2.75, 3.05) is 40.4 Å². The van der Waals surface area contributed by atoms with Gasteiger partial charge < -0.3 is 29.0 Å². The van der Waals surface area contributed by atoms with E-state index >= 15 is 0 Å². The second-order valence-corrected chi connectivity index (χ2v) is 12.9. The summed E-state index contributed by atoms with van der Waals surface area (Å²) >= 11 is 0. The smallest absolute Gasteiger partial charge is 0.264 e. The first-order valence-corrected chi connectivity index (χ1v) is 17.7. The number of anilines is 1. The number of nitrogens with zero attached hydrogens (tertiary/aromatic N) is 3. The second kappa shape index (κ2) is 17.1. The Hall–Kier alpha value is -6.51. The molecule has 2 N–H and O–H groups in total. The number of hydrogen-bond donors (Lipinski definition) is 2. The molecule has 3 aromatic carbocycles. The SMILES string of the molecule is COc1ccc(/C=C\c2cc(OC)c(OC)c(OC)c2)cc1OCC1=CC(CCCCC(=O)Nc2cccc3c2C(=O)N(C2CCC(=O)NC2=O)C3=O)N=N1. The van der Waals surface area contributed by atoms with E-state index in [0.717, 1.165) is 16.0 Å². The number of azo groups is 1. The minimum atomic E-state index is -1.09. The summed E-state index contributed by atoms with van der Waals surface area (Å²) in [5.41, 5.74) is 2.73. The number of carbonyl (C=O) groups excluding carboxylic acids is 5. The predicted molar refractivity (Wildman–Crippen MR) is 200 cm³/mol. The summed E-state index contributed by atoms with van der Waals surface area (Å²) in [7, 11) is 6.27. The maximum atomic E-state index is 13.3. The number of fused-ring (bicyclic) bond motifs is 1. The van der Waals surface area contributed by atoms with E-state index in [0.29, 0.717) is 53.7 Å². The number of rotatable bonds is 16. The third-order valence-corrected chi connectivity index (χ3v) is 9.33. The van der Waals surface area contributed by atoms with E-state index in [1.807, 2.05) is 48.6 Å². The van der Waals surface area contributed by atoms with Crippen LogP contribution in [0.2, 0.25) is 0 Å². The lowest BCUT2D eigenvalue weighted by Crippen LogP contribution is -2.54. The van der Waals surface area contributed by atoms with Crippen LogP contribution in [-0.2, 0) is 14.4 Å². The van der Waals surface area contributed by atoms with Gasteiger partial charge in [0.2, 0.25) is 23.5 Å². The van der Waals surface area contributed by atoms with E-state index in [1.165, 1.54) is 6.07 Å². The Morgan fingerprint density at radius 3 is 2.31 bits per heavy atom. The van der Waals surface area contributed by atoms with Crippen LogP contribution in [0.5, 0.6) is 28.7 Å². The molecule has 2 atom stereocenters. The largest absolute Gasteiger partial charge is 0.493 e. The molecule has 0 radical (unpaired) electrons. The molecule has 5 amide bonds. The standard InChI is InChI=1S/C40H41N5O10/c1-51-30-16-14-23(12-13-24-19-32(52-2)37(54-4)33(20-24)53-3)18-31(30)55-22-26-21-25(43-44-26)8-5-6-11-34(46)41-28-10-7-9-27-36(28)40(50)45(39(27)49)29-15-17-35(47)42-38(29)48/h7,9-10,12-14,16,18-21,25,29H,5-6,8,11,15,17,22H2,1-4H3,(H,41,46)(H,42,47,48)/b13-12-. The third kappa shape index (κ3) is 8.51. The monoisotopic (exact) mass is 751 g/mol. The van der Waals surface area contributed by atoms with Crippen LogP contribution in [-0.4, -0.2) is 81.6 Å². The predicted octanol–water partition coefficient (Wildman–Crippen LogP) is 5.59. The molecule has 0 aliphatic carbocycles. The number of amides is 5. The van der Waals surface area contributed by atoms with E-state index in [2.05, 4.69) is 20.9 Å². The Labute approximate surface area is 317 Å². The van der Waals surface area contributed by atoms with Gasteiger partial charge in [0.15, 0.2) is 23.0 Å². The highest BCUT2D eigenvalue weighted by atomic mass is 16.5. The van der Waals surface area contributed by atoms with Gasteiger partial charge in [0.05, 0.1) is 57.0 Å². The molecular formula is C40H41N5O10. The number of benzene rings is 3. The molecule has 0 spiro atoms. The lowest BCUT2D eigenvalue weighted by Gasteiger charge is -2.27. The van der Waals surface area contributed by atoms with Crippen LogP contribution in [0.4, 0.5) is 5.69 Å². The van der Waals surface area contributed by atoms with Crippen molar-refractivity contribution >= 4 is 47.4 Å². The van der Waals surface area contributed by atoms with Crippen molar-refractivity contribution < 1.29 is 47.7 Å². The van der Waals surface area contributed by atoms with Crippen molar-refractivity contribution in [3.05, 3.63) is 82.6 Å². The molecule has 55 heavy (non-hydrogen) atoms. The average molecular weight is 752 g/mol. The molecule has 15 nitrogen and oxygen atoms in total. The van der Waals surface area contributed by atoms with Crippen molar-refractivity contribution in [2.45, 2.75) is 50.6 Å². The fourth-order valence-electron chi connectivity index (χ4n) is 6.58. The minimum Gasteiger partial charge on any atom is -0.493 e. The third-order valence-electron chi connectivity index (χ3n) is 9.33. The summed E-state index contributed by atoms with van der Waals surface area (Å²) in [5.74, 6) is -0.0613. The van der Waals surface area contributed by atoms with Gasteiger partial charge in [-0.1, -0.05) is 30.7 Å². The number of carbonyl (C=O) groups is 5. The van der Waals surface area contributed by atoms with Gasteiger partial charge in [-0.25, -0.2) is 0 Å². The summed E-state index contributed by atoms with van der Waals surface area (Å²) in [4.78, 5) is 64.1. The van der Waals surface area contributed by atoms with Gasteiger partial charge in [0.1, 0.15) is 12.6 Å². The number of imide groups is 2. The zero-order valence-corrected chi connectivity index (χ0v) is 30.9. The maximum absolute atomic E-state index is 13.3. The second-order valence-electron chi connectivity index (χ2n) is 12.9. The van der Waals surface area contributed by atoms with Crippen LogP contribution >= 0.6 is 0 Å². The van der Waals surface area contributed by atoms with Crippen molar-refractivity contribution in [1.82, 2.24) is 10.2 Å². The van der Waals surface area contributed by atoms with Gasteiger partial charge in [0.25, 0.3) is 11.8 Å². The molecule has 3 aromatic rings. The molecule has 0 aromatic heterocycles. The van der Waals surface area contributed by atoms with Crippen molar-refractivity contribution in [2.24, 2.45) is 10.2 Å². The first-order valence-electron chi connectivity index (χ1n) is 17.7. The van der Waals surface area contributed by atoms with Crippen LogP contribution in [0.15, 0.2) is 70.5 Å². The highest BCUT2D eigenvalue weighted by Crippen LogP contribution is 2.39. The lowest BCUT2D eigenvalue weighted by molar-refractivity contribution is -0.136. The number of piperidine rings is 1. The summed E-state index contributed by atoms with van der Waals surface area (Å²) in [5, 5.41) is 13.6. The number of unbranched alkanes of at least 4 members (excludes halogenated alkanes) is 1. The summed E-state index contributed by atoms with van der Waals surface area (Å²) in [6.07, 6.45) is 7.93. The van der Waals surface area contributed by atoms with Gasteiger partial charge >= 0.3 is 0 Å². The quantitative estimate of drug-likeness (QED) is 0.106. The van der Waals surface area contributed by atoms with Crippen molar-refractivity contribution in [3.63, 3.8) is 0 Å². The van der Waals surface area contributed by atoms with E-state index < -0.39 is 29.7 Å². The normalized spacial score (nSPS) is 17.6. The summed E-state index contributed by atoms with van der Waals surface area (Å²) in [6, 6.07) is 12.7. The van der Waals surface area contributed by atoms with Crippen LogP contribution in [0, 0.1) is 0 Å². The Kier molecular flexibility index (Phi) is 11.9. The van der Waals surface area contributed by atoms with Crippen LogP contribution in [0.25, 0.3) is 12.2 Å². The molecular weight excluding hydrogens is 710 g/mol. The minimum absolute atomic E-state index is 0.0174. The summed E-state index contributed by atoms with van der Waals surface area (Å²) in [6.45, 7) is 0.183. The van der Waals surface area contributed by atoms with Gasteiger partial charge in [-0.15, -0.1) is 0 Å². The molecule has 6 rings (SSSR count). The molecule has 286 valence electrons. The van der Waals surface area contributed by atoms with Crippen molar-refractivity contribution in [1.29, 1.82) is 0 Å². The van der Waals surface area contributed by atoms with E-state index in [1.54, 1.807) is 40.6 Å². The van der Waals surface area contributed by atoms with Crippen molar-refractivity contribution in [3.8, 4) is 28.7 Å². The zero-order chi connectivity index (χ0) is 39.1. The zero-order valence-electron chi connectivity index (χ0n) is 30.9. The fraction of sp³-hybridized carbons (Fsp3) is 0.325. The van der Waals surface area contributed by atoms with Gasteiger partial charge in [-0.05, 0) is 72.9 Å². The van der Waals surface area contributed by atoms with Crippen LogP contribution in [0.1, 0.15) is 70.4 Å². The van der Waals surface area contributed by atoms with Crippen LogP contribution < -0.4 is 34.3 Å². The van der Waals surface area contributed by atoms with Crippen LogP contribution in [0.3, 0.4) is 0 Å². The van der Waals surface area contributed by atoms with E-state index in [4.69, 9.17) is 23.7 Å². The van der Waals surface area contributed by atoms with Gasteiger partial charge in [-0.3, -0.25) is 34.2 Å². The highest BCUT2D eigenvalue weighted by molar-refractivity contribution is 6.26. The topological polar surface area (TPSA) is 184 Å². The molecule has 15 heteroatoms. The fourth-order valence-corrected chi connectivity index (χ4v) is 6.58. The Morgan fingerprint density at radius 1 is 0.873 bits per heavy atom. The number of methoxy groups -OCH3 is 4. The lowest BCUT2D eigenvalue weighted by atomic mass is 10.0. The van der Waals surface area contributed by atoms with E-state index in [-0.39, 0.29) is 54.6 Å². The van der Waals surface area contributed by atoms with E-state index in [9.17, 15) is 24.0 Å². The molecule has 2 unspecified atom stereocenters. The number of nitrogens with one attached hydrogen (secondary N) is 2. The Bertz CT molecular complexity index is 2080. The molecule has 1 saturated heterocycles. The molecule has 3 heterocycles. The summed E-state index contributed by atoms with van der Waals surface area (Å²) < 4.78 is 27.9. The molecule has 0 saturated carbocycles. The first-order chi connectivity index (χ1) is 26.6. The molecule has 0 bridgehead atoms. The Morgan fingerprint density at radius 2 is 1.60 bits per heavy atom. The maximum Gasteiger partial charge on any atom is 0.264 e. The number of hydrogen-bond acceptors (Lipinski definition) is 12. The highest BCUT2D eigenvalue weighted by Gasteiger charge is 2.45. The molecule has 3 aliphatic rings. The van der Waals surface area contributed by atoms with Gasteiger partial charge in [0, 0.05) is 12.8 Å². The van der Waals surface area contributed by atoms with Gasteiger partial charge in [-0.2, -0.15) is 10.2 Å². The average Bonchev–Trinajstić information content (AvgIpc) is 3.75. The first kappa shape index (κ1) is 38.2.